The molecule has 2 unspecified atom stereocenters. The van der Waals surface area contributed by atoms with Gasteiger partial charge in [0.15, 0.2) is 5.78 Å². The molecule has 1 aromatic rings. The average Bonchev–Trinajstić information content (AvgIpc) is 3.24. The second-order valence-electron chi connectivity index (χ2n) is 10.3. The average molecular weight is 448 g/mol. The summed E-state index contributed by atoms with van der Waals surface area (Å²) in [7, 11) is 0. The first-order valence-corrected chi connectivity index (χ1v) is 11.5. The van der Waals surface area contributed by atoms with Crippen LogP contribution in [0, 0.1) is 5.41 Å². The molecule has 0 saturated carbocycles. The van der Waals surface area contributed by atoms with E-state index in [9.17, 15) is 14.4 Å². The third kappa shape index (κ3) is 3.24. The number of hydrogen-bond acceptors (Lipinski definition) is 5. The summed E-state index contributed by atoms with van der Waals surface area (Å²) in [5, 5.41) is 0. The van der Waals surface area contributed by atoms with Crippen LogP contribution in [0.3, 0.4) is 0 Å². The SMILES string of the molecule is C=CC(C)(C)C1=Nc2c(ccc3c2C=CC(C)(C)O3)C(=O)CC2C(=O)N3CCCC3C(=O)N12. The molecular weight excluding hydrogens is 418 g/mol. The van der Waals surface area contributed by atoms with Crippen LogP contribution in [0.4, 0.5) is 5.69 Å². The van der Waals surface area contributed by atoms with Crippen molar-refractivity contribution in [1.29, 1.82) is 0 Å². The summed E-state index contributed by atoms with van der Waals surface area (Å²) in [4.78, 5) is 48.7. The summed E-state index contributed by atoms with van der Waals surface area (Å²) >= 11 is 0. The third-order valence-electron chi connectivity index (χ3n) is 7.07. The number of amidine groups is 1. The van der Waals surface area contributed by atoms with Gasteiger partial charge in [-0.1, -0.05) is 6.08 Å². The summed E-state index contributed by atoms with van der Waals surface area (Å²) in [5.74, 6) is 0.518. The Labute approximate surface area is 193 Å². The number of Topliss-reactive ketones (excluding diaryl/α,β-unsaturated/α-hetero) is 1. The Kier molecular flexibility index (Phi) is 4.68. The second kappa shape index (κ2) is 7.14. The van der Waals surface area contributed by atoms with Crippen LogP contribution >= 0.6 is 0 Å². The summed E-state index contributed by atoms with van der Waals surface area (Å²) in [5.41, 5.74) is 0.415. The van der Waals surface area contributed by atoms with Crippen molar-refractivity contribution in [1.82, 2.24) is 9.80 Å². The molecule has 0 aliphatic carbocycles. The molecule has 0 N–H and O–H groups in total. The number of ketones is 1. The standard InChI is InChI=1S/C26H29N3O4/c1-6-25(2,3)24-27-21-15(9-10-20-16(21)11-12-26(4,5)33-20)19(30)14-18-22(31)28-13-7-8-17(28)23(32)29(18)24/h6,9-12,17-18H,1,7-8,13-14H2,2-5H3. The van der Waals surface area contributed by atoms with E-state index in [2.05, 4.69) is 6.58 Å². The third-order valence-corrected chi connectivity index (χ3v) is 7.07. The highest BCUT2D eigenvalue weighted by atomic mass is 16.5. The van der Waals surface area contributed by atoms with Gasteiger partial charge in [-0.25, -0.2) is 4.99 Å². The van der Waals surface area contributed by atoms with Gasteiger partial charge in [-0.2, -0.15) is 0 Å². The molecule has 0 bridgehead atoms. The normalized spacial score (nSPS) is 25.8. The van der Waals surface area contributed by atoms with E-state index >= 15 is 0 Å². The molecule has 7 nitrogen and oxygen atoms in total. The molecule has 2 atom stereocenters. The van der Waals surface area contributed by atoms with Crippen LogP contribution in [0.1, 0.15) is 62.9 Å². The minimum atomic E-state index is -0.896. The van der Waals surface area contributed by atoms with Crippen molar-refractivity contribution >= 4 is 35.2 Å². The molecule has 4 aliphatic rings. The van der Waals surface area contributed by atoms with E-state index < -0.39 is 23.1 Å². The second-order valence-corrected chi connectivity index (χ2v) is 10.3. The van der Waals surface area contributed by atoms with Crippen LogP contribution < -0.4 is 4.74 Å². The molecule has 2 fully saturated rings. The first-order valence-electron chi connectivity index (χ1n) is 11.5. The summed E-state index contributed by atoms with van der Waals surface area (Å²) in [6.07, 6.45) is 6.91. The fraction of sp³-hybridized carbons (Fsp3) is 0.462. The van der Waals surface area contributed by atoms with Crippen molar-refractivity contribution in [3.63, 3.8) is 0 Å². The molecule has 2 saturated heterocycles. The van der Waals surface area contributed by atoms with Crippen LogP contribution in [-0.4, -0.2) is 57.5 Å². The zero-order chi connectivity index (χ0) is 23.7. The van der Waals surface area contributed by atoms with Crippen LogP contribution in [0.25, 0.3) is 6.08 Å². The molecule has 2 amide bonds. The molecule has 33 heavy (non-hydrogen) atoms. The fourth-order valence-corrected chi connectivity index (χ4v) is 5.11. The zero-order valence-electron chi connectivity index (χ0n) is 19.6. The van der Waals surface area contributed by atoms with Gasteiger partial charge in [0.25, 0.3) is 5.91 Å². The van der Waals surface area contributed by atoms with Crippen molar-refractivity contribution in [3.8, 4) is 5.75 Å². The predicted molar refractivity (Wildman–Crippen MR) is 126 cm³/mol. The quantitative estimate of drug-likeness (QED) is 0.644. The Morgan fingerprint density at radius 1 is 1.18 bits per heavy atom. The lowest BCUT2D eigenvalue weighted by molar-refractivity contribution is -0.154. The van der Waals surface area contributed by atoms with E-state index in [1.807, 2.05) is 39.8 Å². The number of benzene rings is 1. The molecule has 172 valence electrons. The highest BCUT2D eigenvalue weighted by molar-refractivity contribution is 6.15. The highest BCUT2D eigenvalue weighted by Crippen LogP contribution is 2.43. The molecule has 0 aromatic heterocycles. The smallest absolute Gasteiger partial charge is 0.251 e. The number of aliphatic imine (C=N–C) groups is 1. The fourth-order valence-electron chi connectivity index (χ4n) is 5.11. The van der Waals surface area contributed by atoms with Gasteiger partial charge in [0.05, 0.1) is 5.69 Å². The van der Waals surface area contributed by atoms with Crippen LogP contribution in [-0.2, 0) is 9.59 Å². The topological polar surface area (TPSA) is 79.3 Å². The number of carbonyl (C=O) groups is 3. The predicted octanol–water partition coefficient (Wildman–Crippen LogP) is 3.90. The van der Waals surface area contributed by atoms with Crippen molar-refractivity contribution in [2.75, 3.05) is 6.54 Å². The lowest BCUT2D eigenvalue weighted by atomic mass is 9.86. The van der Waals surface area contributed by atoms with Gasteiger partial charge in [0.1, 0.15) is 29.3 Å². The number of hydrogen-bond donors (Lipinski definition) is 0. The summed E-state index contributed by atoms with van der Waals surface area (Å²) < 4.78 is 6.11. The van der Waals surface area contributed by atoms with Gasteiger partial charge in [-0.3, -0.25) is 19.3 Å². The number of carbonyl (C=O) groups excluding carboxylic acids is 3. The van der Waals surface area contributed by atoms with Gasteiger partial charge in [-0.15, -0.1) is 6.58 Å². The van der Waals surface area contributed by atoms with E-state index in [1.165, 1.54) is 4.90 Å². The molecule has 5 rings (SSSR count). The molecule has 7 heteroatoms. The van der Waals surface area contributed by atoms with Crippen LogP contribution in [0.2, 0.25) is 0 Å². The first-order chi connectivity index (χ1) is 15.5. The van der Waals surface area contributed by atoms with E-state index in [0.717, 1.165) is 6.42 Å². The Morgan fingerprint density at radius 2 is 1.94 bits per heavy atom. The van der Waals surface area contributed by atoms with Crippen LogP contribution in [0.5, 0.6) is 5.75 Å². The van der Waals surface area contributed by atoms with Gasteiger partial charge >= 0.3 is 0 Å². The molecule has 0 spiro atoms. The lowest BCUT2D eigenvalue weighted by Crippen LogP contribution is -2.66. The molecule has 4 heterocycles. The van der Waals surface area contributed by atoms with Crippen LogP contribution in [0.15, 0.2) is 35.9 Å². The molecule has 4 aliphatic heterocycles. The number of amides is 2. The largest absolute Gasteiger partial charge is 0.483 e. The maximum Gasteiger partial charge on any atom is 0.251 e. The molecule has 1 aromatic carbocycles. The lowest BCUT2D eigenvalue weighted by Gasteiger charge is -2.45. The van der Waals surface area contributed by atoms with Crippen molar-refractivity contribution in [2.24, 2.45) is 10.4 Å². The van der Waals surface area contributed by atoms with E-state index in [4.69, 9.17) is 9.73 Å². The number of fused-ring (bicyclic) bond motifs is 5. The van der Waals surface area contributed by atoms with Crippen molar-refractivity contribution in [2.45, 2.75) is 64.6 Å². The van der Waals surface area contributed by atoms with Gasteiger partial charge < -0.3 is 9.64 Å². The monoisotopic (exact) mass is 447 g/mol. The Morgan fingerprint density at radius 3 is 2.67 bits per heavy atom. The minimum Gasteiger partial charge on any atom is -0.483 e. The van der Waals surface area contributed by atoms with E-state index in [1.54, 1.807) is 23.1 Å². The van der Waals surface area contributed by atoms with E-state index in [-0.39, 0.29) is 24.0 Å². The summed E-state index contributed by atoms with van der Waals surface area (Å²) in [6, 6.07) is 2.11. The van der Waals surface area contributed by atoms with Gasteiger partial charge in [0.2, 0.25) is 5.91 Å². The Balaban J connectivity index is 1.76. The number of ether oxygens (including phenoxy) is 1. The Hall–Kier alpha value is -3.22. The number of piperazine rings is 1. The summed E-state index contributed by atoms with van der Waals surface area (Å²) in [6.45, 7) is 12.3. The number of rotatable bonds is 2. The first kappa shape index (κ1) is 21.6. The van der Waals surface area contributed by atoms with Crippen molar-refractivity contribution < 1.29 is 19.1 Å². The minimum absolute atomic E-state index is 0.0815. The Bertz CT molecular complexity index is 1160. The highest BCUT2D eigenvalue weighted by Gasteiger charge is 2.52. The van der Waals surface area contributed by atoms with Crippen molar-refractivity contribution in [3.05, 3.63) is 42.0 Å². The van der Waals surface area contributed by atoms with Gasteiger partial charge in [0, 0.05) is 29.5 Å². The van der Waals surface area contributed by atoms with Gasteiger partial charge in [-0.05, 0) is 64.8 Å². The maximum atomic E-state index is 13.7. The molecule has 0 radical (unpaired) electrons. The molecular formula is C26H29N3O4. The van der Waals surface area contributed by atoms with E-state index in [0.29, 0.717) is 41.4 Å². The maximum absolute atomic E-state index is 13.7. The zero-order valence-corrected chi connectivity index (χ0v) is 19.6. The number of nitrogens with zero attached hydrogens (tertiary/aromatic N) is 3.